The summed E-state index contributed by atoms with van der Waals surface area (Å²) in [5, 5.41) is 9.67. The first-order valence-electron chi connectivity index (χ1n) is 5.16. The van der Waals surface area contributed by atoms with Crippen molar-refractivity contribution in [3.8, 4) is 5.75 Å². The topological polar surface area (TPSA) is 50.4 Å². The number of phenolic OH excluding ortho intramolecular Hbond substituents is 1. The quantitative estimate of drug-likeness (QED) is 0.599. The van der Waals surface area contributed by atoms with Crippen molar-refractivity contribution in [1.29, 1.82) is 0 Å². The fourth-order valence-electron chi connectivity index (χ4n) is 1.65. The normalized spacial score (nSPS) is 11.3. The Labute approximate surface area is 98.3 Å². The van der Waals surface area contributed by atoms with Gasteiger partial charge in [-0.25, -0.2) is 4.79 Å². The van der Waals surface area contributed by atoms with Crippen molar-refractivity contribution in [3.05, 3.63) is 33.9 Å². The number of hydrogen-bond acceptors (Lipinski definition) is 3. The van der Waals surface area contributed by atoms with Crippen molar-refractivity contribution >= 4 is 24.3 Å². The van der Waals surface area contributed by atoms with Crippen LogP contribution in [-0.4, -0.2) is 13.0 Å². The van der Waals surface area contributed by atoms with Gasteiger partial charge in [0.1, 0.15) is 13.6 Å². The number of fused-ring (bicyclic) bond motifs is 1. The Kier molecular flexibility index (Phi) is 2.69. The molecule has 0 aliphatic rings. The lowest BCUT2D eigenvalue weighted by Gasteiger charge is -2.08. The Morgan fingerprint density at radius 2 is 2.06 bits per heavy atom. The minimum atomic E-state index is -1.01. The van der Waals surface area contributed by atoms with Crippen LogP contribution in [0.5, 0.6) is 5.75 Å². The largest absolute Gasteiger partial charge is 0.505 e. The van der Waals surface area contributed by atoms with Gasteiger partial charge in [-0.05, 0) is 12.0 Å². The van der Waals surface area contributed by atoms with Gasteiger partial charge in [0.2, 0.25) is 5.82 Å². The first kappa shape index (κ1) is 11.7. The lowest BCUT2D eigenvalue weighted by atomic mass is 9.92. The van der Waals surface area contributed by atoms with Gasteiger partial charge in [-0.2, -0.15) is 4.39 Å². The van der Waals surface area contributed by atoms with Gasteiger partial charge < -0.3 is 9.52 Å². The van der Waals surface area contributed by atoms with Gasteiger partial charge in [-0.3, -0.25) is 0 Å². The summed E-state index contributed by atoms with van der Waals surface area (Å²) in [6, 6.07) is 2.91. The predicted octanol–water partition coefficient (Wildman–Crippen LogP) is 1.55. The van der Waals surface area contributed by atoms with Crippen LogP contribution in [0.1, 0.15) is 25.3 Å². The summed E-state index contributed by atoms with van der Waals surface area (Å²) in [6.07, 6.45) is 0. The van der Waals surface area contributed by atoms with Crippen LogP contribution in [-0.2, 0) is 0 Å². The molecule has 0 aliphatic carbocycles. The molecule has 0 aliphatic heterocycles. The highest BCUT2D eigenvalue weighted by Crippen LogP contribution is 2.24. The maximum atomic E-state index is 13.6. The fourth-order valence-corrected chi connectivity index (χ4v) is 1.65. The Bertz CT molecular complexity index is 646. The van der Waals surface area contributed by atoms with Crippen LogP contribution in [0.15, 0.2) is 21.3 Å². The lowest BCUT2D eigenvalue weighted by Crippen LogP contribution is -2.11. The number of aromatic hydroxyl groups is 1. The molecule has 0 atom stereocenters. The Hall–Kier alpha value is -1.78. The molecule has 1 heterocycles. The van der Waals surface area contributed by atoms with E-state index in [4.69, 9.17) is 12.3 Å². The monoisotopic (exact) mass is 232 g/mol. The molecule has 1 N–H and O–H groups in total. The number of halogens is 1. The first-order chi connectivity index (χ1) is 7.91. The highest BCUT2D eigenvalue weighted by Gasteiger charge is 2.15. The summed E-state index contributed by atoms with van der Waals surface area (Å²) < 4.78 is 18.5. The van der Waals surface area contributed by atoms with Crippen LogP contribution in [0.3, 0.4) is 0 Å². The van der Waals surface area contributed by atoms with Gasteiger partial charge in [0.05, 0.1) is 0 Å². The molecule has 1 aromatic carbocycles. The first-order valence-corrected chi connectivity index (χ1v) is 5.16. The highest BCUT2D eigenvalue weighted by atomic mass is 19.1. The van der Waals surface area contributed by atoms with E-state index in [1.807, 2.05) is 13.8 Å². The average Bonchev–Trinajstić information content (AvgIpc) is 2.26. The molecule has 5 heteroatoms. The molecule has 17 heavy (non-hydrogen) atoms. The van der Waals surface area contributed by atoms with Crippen LogP contribution >= 0.6 is 0 Å². The summed E-state index contributed by atoms with van der Waals surface area (Å²) in [4.78, 5) is 11.6. The summed E-state index contributed by atoms with van der Waals surface area (Å²) in [5.74, 6) is -1.74. The second-order valence-electron chi connectivity index (χ2n) is 4.19. The molecule has 1 aromatic heterocycles. The Balaban J connectivity index is 2.89. The molecule has 0 fully saturated rings. The smallest absolute Gasteiger partial charge is 0.339 e. The molecule has 2 radical (unpaired) electrons. The maximum absolute atomic E-state index is 13.6. The molecule has 3 nitrogen and oxygen atoms in total. The zero-order valence-corrected chi connectivity index (χ0v) is 9.45. The standard InChI is InChI=1S/C12H10BFO3/c1-5(2)7-3-6-4-8(13)10(15)9(14)11(6)17-12(7)16/h3-5,15H,1-2H3. The summed E-state index contributed by atoms with van der Waals surface area (Å²) in [6.45, 7) is 3.66. The van der Waals surface area contributed by atoms with Crippen molar-refractivity contribution in [1.82, 2.24) is 0 Å². The Morgan fingerprint density at radius 1 is 1.41 bits per heavy atom. The third kappa shape index (κ3) is 1.81. The maximum Gasteiger partial charge on any atom is 0.339 e. The molecule has 0 spiro atoms. The van der Waals surface area contributed by atoms with Gasteiger partial charge in [-0.1, -0.05) is 25.4 Å². The second kappa shape index (κ2) is 3.91. The van der Waals surface area contributed by atoms with Gasteiger partial charge in [0.15, 0.2) is 5.58 Å². The zero-order chi connectivity index (χ0) is 12.7. The van der Waals surface area contributed by atoms with Gasteiger partial charge in [-0.15, -0.1) is 0 Å². The second-order valence-corrected chi connectivity index (χ2v) is 4.19. The molecule has 0 unspecified atom stereocenters. The van der Waals surface area contributed by atoms with Crippen LogP contribution in [0, 0.1) is 5.82 Å². The van der Waals surface area contributed by atoms with E-state index in [2.05, 4.69) is 0 Å². The molecule has 0 amide bonds. The van der Waals surface area contributed by atoms with Gasteiger partial charge in [0, 0.05) is 10.9 Å². The van der Waals surface area contributed by atoms with Gasteiger partial charge in [0.25, 0.3) is 0 Å². The number of hydrogen-bond donors (Lipinski definition) is 1. The van der Waals surface area contributed by atoms with Gasteiger partial charge >= 0.3 is 5.63 Å². The van der Waals surface area contributed by atoms with Crippen LogP contribution in [0.2, 0.25) is 0 Å². The van der Waals surface area contributed by atoms with E-state index < -0.39 is 17.2 Å². The third-order valence-electron chi connectivity index (χ3n) is 2.62. The van der Waals surface area contributed by atoms with E-state index in [1.54, 1.807) is 0 Å². The van der Waals surface area contributed by atoms with Crippen LogP contribution in [0.4, 0.5) is 4.39 Å². The molecule has 0 saturated heterocycles. The predicted molar refractivity (Wildman–Crippen MR) is 63.6 cm³/mol. The Morgan fingerprint density at radius 3 is 2.65 bits per heavy atom. The zero-order valence-electron chi connectivity index (χ0n) is 9.45. The molecule has 86 valence electrons. The van der Waals surface area contributed by atoms with E-state index in [0.717, 1.165) is 0 Å². The summed E-state index contributed by atoms with van der Waals surface area (Å²) in [5.41, 5.74) is -0.512. The summed E-state index contributed by atoms with van der Waals surface area (Å²) in [7, 11) is 5.44. The molecule has 0 saturated carbocycles. The fraction of sp³-hybridized carbons (Fsp3) is 0.250. The van der Waals surface area contributed by atoms with Crippen LogP contribution in [0.25, 0.3) is 11.0 Å². The third-order valence-corrected chi connectivity index (χ3v) is 2.62. The van der Waals surface area contributed by atoms with Crippen molar-refractivity contribution < 1.29 is 13.9 Å². The molecular formula is C12H10BFO3. The minimum Gasteiger partial charge on any atom is -0.505 e. The number of phenols is 1. The SMILES string of the molecule is [B]c1cc2cc(C(C)C)c(=O)oc2c(F)c1O. The van der Waals surface area contributed by atoms with Crippen molar-refractivity contribution in [2.45, 2.75) is 19.8 Å². The number of benzene rings is 1. The van der Waals surface area contributed by atoms with Crippen molar-refractivity contribution in [2.75, 3.05) is 0 Å². The highest BCUT2D eigenvalue weighted by molar-refractivity contribution is 6.35. The van der Waals surface area contributed by atoms with E-state index in [0.29, 0.717) is 10.9 Å². The van der Waals surface area contributed by atoms with Crippen molar-refractivity contribution in [2.24, 2.45) is 0 Å². The average molecular weight is 232 g/mol. The molecule has 2 rings (SSSR count). The minimum absolute atomic E-state index is 0.0336. The van der Waals surface area contributed by atoms with E-state index >= 15 is 0 Å². The van der Waals surface area contributed by atoms with E-state index in [9.17, 15) is 14.3 Å². The lowest BCUT2D eigenvalue weighted by molar-refractivity contribution is 0.428. The van der Waals surface area contributed by atoms with Crippen molar-refractivity contribution in [3.63, 3.8) is 0 Å². The summed E-state index contributed by atoms with van der Waals surface area (Å²) >= 11 is 0. The van der Waals surface area contributed by atoms with Crippen LogP contribution < -0.4 is 11.1 Å². The molecule has 2 aromatic rings. The van der Waals surface area contributed by atoms with E-state index in [-0.39, 0.29) is 17.0 Å². The molecular weight excluding hydrogens is 222 g/mol. The molecule has 0 bridgehead atoms. The van der Waals surface area contributed by atoms with E-state index in [1.165, 1.54) is 12.1 Å². The number of rotatable bonds is 1.